The second-order valence-corrected chi connectivity index (χ2v) is 9.89. The molecule has 2 atom stereocenters. The predicted octanol–water partition coefficient (Wildman–Crippen LogP) is 4.81. The number of esters is 1. The number of hydrogen-bond donors (Lipinski definition) is 1. The van der Waals surface area contributed by atoms with Crippen LogP contribution in [0.2, 0.25) is 0 Å². The molecule has 0 aliphatic carbocycles. The summed E-state index contributed by atoms with van der Waals surface area (Å²) in [5.74, 6) is -3.42. The average molecular weight is 555 g/mol. The Hall–Kier alpha value is -3.92. The van der Waals surface area contributed by atoms with Crippen molar-refractivity contribution in [3.8, 4) is 16.9 Å². The summed E-state index contributed by atoms with van der Waals surface area (Å²) < 4.78 is 38.4. The van der Waals surface area contributed by atoms with E-state index >= 15 is 0 Å². The first-order valence-corrected chi connectivity index (χ1v) is 13.6. The Morgan fingerprint density at radius 1 is 1.05 bits per heavy atom. The standard InChI is InChI=1S/C29H28F2N2O5S/c1-3-37-29(36)25-12-20(27(32)34)15-33(25)28(35)19-6-4-5-17(11-19)16-38-21-9-7-18(8-10-21)22-13-23(30)24(31)14-26(22)39-2/h4-11,13-14,20,25H,3,12,15-16H2,1-2H3,(H2,32,34)/t20-,25+/m1/s1. The van der Waals surface area contributed by atoms with Crippen LogP contribution in [0.4, 0.5) is 8.78 Å². The number of benzene rings is 3. The van der Waals surface area contributed by atoms with Crippen molar-refractivity contribution in [3.63, 3.8) is 0 Å². The summed E-state index contributed by atoms with van der Waals surface area (Å²) in [6.07, 6.45) is 1.92. The highest BCUT2D eigenvalue weighted by atomic mass is 32.2. The number of ether oxygens (including phenoxy) is 2. The minimum Gasteiger partial charge on any atom is -0.489 e. The first-order chi connectivity index (χ1) is 18.7. The number of nitrogens with zero attached hydrogens (tertiary/aromatic N) is 1. The van der Waals surface area contributed by atoms with Crippen LogP contribution in [0.3, 0.4) is 0 Å². The third-order valence-electron chi connectivity index (χ3n) is 6.51. The minimum absolute atomic E-state index is 0.0426. The number of carbonyl (C=O) groups excluding carboxylic acids is 3. The maximum Gasteiger partial charge on any atom is 0.328 e. The van der Waals surface area contributed by atoms with E-state index in [1.807, 2.05) is 0 Å². The molecule has 204 valence electrons. The summed E-state index contributed by atoms with van der Waals surface area (Å²) in [5, 5.41) is 0. The smallest absolute Gasteiger partial charge is 0.328 e. The van der Waals surface area contributed by atoms with Gasteiger partial charge in [-0.15, -0.1) is 11.8 Å². The number of nitrogens with two attached hydrogens (primary N) is 1. The molecule has 3 aromatic carbocycles. The average Bonchev–Trinajstić information content (AvgIpc) is 3.39. The maximum atomic E-state index is 13.8. The first-order valence-electron chi connectivity index (χ1n) is 12.3. The molecule has 7 nitrogen and oxygen atoms in total. The van der Waals surface area contributed by atoms with Crippen molar-refractivity contribution in [2.45, 2.75) is 30.9 Å². The SMILES string of the molecule is CCOC(=O)[C@@H]1C[C@@H](C(N)=O)CN1C(=O)c1cccc(COc2ccc(-c3cc(F)c(F)cc3SC)cc2)c1. The summed E-state index contributed by atoms with van der Waals surface area (Å²) in [5.41, 5.74) is 7.80. The van der Waals surface area contributed by atoms with Crippen molar-refractivity contribution in [3.05, 3.63) is 83.4 Å². The van der Waals surface area contributed by atoms with E-state index < -0.39 is 41.4 Å². The van der Waals surface area contributed by atoms with E-state index in [4.69, 9.17) is 15.2 Å². The Kier molecular flexibility index (Phi) is 8.86. The summed E-state index contributed by atoms with van der Waals surface area (Å²) in [6, 6.07) is 15.3. The number of primary amides is 1. The molecule has 0 bridgehead atoms. The molecule has 0 saturated carbocycles. The Morgan fingerprint density at radius 2 is 1.77 bits per heavy atom. The fraction of sp³-hybridized carbons (Fsp3) is 0.276. The van der Waals surface area contributed by atoms with Crippen molar-refractivity contribution < 1.29 is 32.6 Å². The molecule has 1 fully saturated rings. The highest BCUT2D eigenvalue weighted by molar-refractivity contribution is 7.98. The number of likely N-dealkylation sites (tertiary alicyclic amines) is 1. The quantitative estimate of drug-likeness (QED) is 0.301. The van der Waals surface area contributed by atoms with Gasteiger partial charge in [0.2, 0.25) is 5.91 Å². The molecule has 1 aliphatic rings. The molecular formula is C29H28F2N2O5S. The highest BCUT2D eigenvalue weighted by Crippen LogP contribution is 2.33. The van der Waals surface area contributed by atoms with Crippen LogP contribution in [0.1, 0.15) is 29.3 Å². The fourth-order valence-corrected chi connectivity index (χ4v) is 5.13. The van der Waals surface area contributed by atoms with Crippen molar-refractivity contribution in [2.75, 3.05) is 19.4 Å². The number of halogens is 2. The molecule has 2 N–H and O–H groups in total. The van der Waals surface area contributed by atoms with Crippen molar-refractivity contribution in [1.29, 1.82) is 0 Å². The third-order valence-corrected chi connectivity index (χ3v) is 7.29. The predicted molar refractivity (Wildman–Crippen MR) is 143 cm³/mol. The van der Waals surface area contributed by atoms with E-state index in [9.17, 15) is 23.2 Å². The number of amides is 2. The van der Waals surface area contributed by atoms with Gasteiger partial charge < -0.3 is 20.1 Å². The zero-order chi connectivity index (χ0) is 28.1. The lowest BCUT2D eigenvalue weighted by molar-refractivity contribution is -0.147. The van der Waals surface area contributed by atoms with E-state index in [2.05, 4.69) is 0 Å². The number of carbonyl (C=O) groups is 3. The normalized spacial score (nSPS) is 16.7. The molecule has 1 saturated heterocycles. The summed E-state index contributed by atoms with van der Waals surface area (Å²) in [4.78, 5) is 39.5. The molecule has 39 heavy (non-hydrogen) atoms. The lowest BCUT2D eigenvalue weighted by Gasteiger charge is -2.23. The van der Waals surface area contributed by atoms with Gasteiger partial charge in [0, 0.05) is 17.0 Å². The van der Waals surface area contributed by atoms with Gasteiger partial charge in [-0.3, -0.25) is 9.59 Å². The van der Waals surface area contributed by atoms with Gasteiger partial charge in [-0.25, -0.2) is 13.6 Å². The first kappa shape index (κ1) is 28.1. The fourth-order valence-electron chi connectivity index (χ4n) is 4.51. The van der Waals surface area contributed by atoms with Gasteiger partial charge in [0.1, 0.15) is 18.4 Å². The van der Waals surface area contributed by atoms with Crippen LogP contribution in [0.25, 0.3) is 11.1 Å². The second-order valence-electron chi connectivity index (χ2n) is 9.04. The van der Waals surface area contributed by atoms with Gasteiger partial charge in [0.05, 0.1) is 12.5 Å². The van der Waals surface area contributed by atoms with E-state index in [1.165, 1.54) is 28.8 Å². The monoisotopic (exact) mass is 554 g/mol. The van der Waals surface area contributed by atoms with E-state index in [0.717, 1.165) is 0 Å². The molecule has 0 aromatic heterocycles. The van der Waals surface area contributed by atoms with Crippen LogP contribution in [0, 0.1) is 17.6 Å². The molecule has 10 heteroatoms. The van der Waals surface area contributed by atoms with E-state index in [0.29, 0.717) is 32.9 Å². The lowest BCUT2D eigenvalue weighted by Crippen LogP contribution is -2.41. The van der Waals surface area contributed by atoms with Crippen LogP contribution < -0.4 is 10.5 Å². The lowest BCUT2D eigenvalue weighted by atomic mass is 10.1. The number of hydrogen-bond acceptors (Lipinski definition) is 6. The van der Waals surface area contributed by atoms with Crippen LogP contribution in [-0.2, 0) is 20.9 Å². The summed E-state index contributed by atoms with van der Waals surface area (Å²) in [7, 11) is 0. The molecular weight excluding hydrogens is 526 g/mol. The Bertz CT molecular complexity index is 1380. The van der Waals surface area contributed by atoms with Crippen LogP contribution in [-0.4, -0.2) is 48.1 Å². The summed E-state index contributed by atoms with van der Waals surface area (Å²) >= 11 is 1.33. The molecule has 4 rings (SSSR count). The summed E-state index contributed by atoms with van der Waals surface area (Å²) in [6.45, 7) is 2.03. The molecule has 0 spiro atoms. The van der Waals surface area contributed by atoms with Gasteiger partial charge >= 0.3 is 5.97 Å². The number of thioether (sulfide) groups is 1. The van der Waals surface area contributed by atoms with Crippen LogP contribution >= 0.6 is 11.8 Å². The van der Waals surface area contributed by atoms with Gasteiger partial charge in [0.15, 0.2) is 11.6 Å². The third kappa shape index (κ3) is 6.39. The topological polar surface area (TPSA) is 98.9 Å². The van der Waals surface area contributed by atoms with Crippen LogP contribution in [0.15, 0.2) is 65.6 Å². The number of rotatable bonds is 9. The largest absolute Gasteiger partial charge is 0.489 e. The van der Waals surface area contributed by atoms with Crippen LogP contribution in [0.5, 0.6) is 5.75 Å². The Labute approximate surface area is 229 Å². The molecule has 1 heterocycles. The van der Waals surface area contributed by atoms with Crippen molar-refractivity contribution in [2.24, 2.45) is 11.7 Å². The van der Waals surface area contributed by atoms with E-state index in [1.54, 1.807) is 61.7 Å². The van der Waals surface area contributed by atoms with Gasteiger partial charge in [-0.1, -0.05) is 24.3 Å². The molecule has 3 aromatic rings. The van der Waals surface area contributed by atoms with Gasteiger partial charge in [-0.2, -0.15) is 0 Å². The zero-order valence-corrected chi connectivity index (χ0v) is 22.3. The van der Waals surface area contributed by atoms with Gasteiger partial charge in [-0.05, 0) is 72.7 Å². The second kappa shape index (κ2) is 12.3. The molecule has 1 aliphatic heterocycles. The van der Waals surface area contributed by atoms with Crippen molar-refractivity contribution >= 4 is 29.5 Å². The van der Waals surface area contributed by atoms with Crippen molar-refractivity contribution in [1.82, 2.24) is 4.90 Å². The Morgan fingerprint density at radius 3 is 2.44 bits per heavy atom. The molecule has 0 unspecified atom stereocenters. The Balaban J connectivity index is 1.45. The van der Waals surface area contributed by atoms with E-state index in [-0.39, 0.29) is 26.2 Å². The molecule has 2 amide bonds. The highest BCUT2D eigenvalue weighted by Gasteiger charge is 2.42. The molecule has 0 radical (unpaired) electrons. The maximum absolute atomic E-state index is 13.8. The minimum atomic E-state index is -0.912. The van der Waals surface area contributed by atoms with Gasteiger partial charge in [0.25, 0.3) is 5.91 Å². The zero-order valence-electron chi connectivity index (χ0n) is 21.5.